The van der Waals surface area contributed by atoms with Crippen LogP contribution in [0.1, 0.15) is 51.0 Å². The standard InChI is InChI=1S/C17H27N3O2/c1-3-20-12-15(11-18-20)14-6-8-19(9-7-14)17(21)16-5-4-10-22-13(16)2/h11-14,16H,3-10H2,1-2H3/t13-,16+/m0/s1. The van der Waals surface area contributed by atoms with Crippen LogP contribution in [-0.2, 0) is 16.1 Å². The fraction of sp³-hybridized carbons (Fsp3) is 0.765. The third kappa shape index (κ3) is 3.19. The smallest absolute Gasteiger partial charge is 0.228 e. The number of nitrogens with zero attached hydrogens (tertiary/aromatic N) is 3. The third-order valence-corrected chi connectivity index (χ3v) is 5.18. The summed E-state index contributed by atoms with van der Waals surface area (Å²) in [6.07, 6.45) is 8.28. The molecular weight excluding hydrogens is 278 g/mol. The Hall–Kier alpha value is -1.36. The monoisotopic (exact) mass is 305 g/mol. The first kappa shape index (κ1) is 15.5. The molecule has 0 aliphatic carbocycles. The SMILES string of the molecule is CCn1cc(C2CCN(C(=O)[C@@H]3CCCO[C@H]3C)CC2)cn1. The average Bonchev–Trinajstić information content (AvgIpc) is 3.04. The summed E-state index contributed by atoms with van der Waals surface area (Å²) >= 11 is 0. The molecule has 2 aliphatic rings. The molecule has 2 atom stereocenters. The second kappa shape index (κ2) is 6.82. The van der Waals surface area contributed by atoms with Gasteiger partial charge in [0.15, 0.2) is 0 Å². The van der Waals surface area contributed by atoms with Crippen LogP contribution in [0, 0.1) is 5.92 Å². The molecule has 1 aromatic heterocycles. The highest BCUT2D eigenvalue weighted by Crippen LogP contribution is 2.30. The van der Waals surface area contributed by atoms with E-state index >= 15 is 0 Å². The second-order valence-electron chi connectivity index (χ2n) is 6.55. The minimum atomic E-state index is 0.0631. The van der Waals surface area contributed by atoms with Crippen molar-refractivity contribution in [3.63, 3.8) is 0 Å². The van der Waals surface area contributed by atoms with Crippen molar-refractivity contribution in [3.8, 4) is 0 Å². The second-order valence-corrected chi connectivity index (χ2v) is 6.55. The van der Waals surface area contributed by atoms with Crippen LogP contribution in [-0.4, -0.2) is 46.4 Å². The maximum absolute atomic E-state index is 12.7. The van der Waals surface area contributed by atoms with Crippen LogP contribution < -0.4 is 0 Å². The van der Waals surface area contributed by atoms with Gasteiger partial charge in [0, 0.05) is 32.4 Å². The van der Waals surface area contributed by atoms with E-state index in [0.29, 0.717) is 11.8 Å². The van der Waals surface area contributed by atoms with E-state index in [2.05, 4.69) is 23.1 Å². The summed E-state index contributed by atoms with van der Waals surface area (Å²) < 4.78 is 7.63. The Morgan fingerprint density at radius 2 is 2.14 bits per heavy atom. The number of carbonyl (C=O) groups is 1. The van der Waals surface area contributed by atoms with Crippen LogP contribution in [0.4, 0.5) is 0 Å². The molecule has 1 aromatic rings. The fourth-order valence-corrected chi connectivity index (χ4v) is 3.68. The van der Waals surface area contributed by atoms with Crippen LogP contribution >= 0.6 is 0 Å². The minimum absolute atomic E-state index is 0.0631. The first-order chi connectivity index (χ1) is 10.7. The lowest BCUT2D eigenvalue weighted by Gasteiger charge is -2.37. The number of ether oxygens (including phenoxy) is 1. The van der Waals surface area contributed by atoms with Gasteiger partial charge in [0.05, 0.1) is 18.2 Å². The number of carbonyl (C=O) groups excluding carboxylic acids is 1. The number of hydrogen-bond acceptors (Lipinski definition) is 3. The van der Waals surface area contributed by atoms with Crippen molar-refractivity contribution in [3.05, 3.63) is 18.0 Å². The molecule has 0 N–H and O–H groups in total. The van der Waals surface area contributed by atoms with E-state index in [0.717, 1.165) is 51.9 Å². The molecular formula is C17H27N3O2. The van der Waals surface area contributed by atoms with Crippen LogP contribution in [0.25, 0.3) is 0 Å². The summed E-state index contributed by atoms with van der Waals surface area (Å²) in [6.45, 7) is 7.58. The lowest BCUT2D eigenvalue weighted by Crippen LogP contribution is -2.45. The summed E-state index contributed by atoms with van der Waals surface area (Å²) in [5.74, 6) is 0.910. The van der Waals surface area contributed by atoms with Gasteiger partial charge in [-0.2, -0.15) is 5.10 Å². The molecule has 0 spiro atoms. The molecule has 2 aliphatic heterocycles. The highest BCUT2D eigenvalue weighted by molar-refractivity contribution is 5.79. The number of aromatic nitrogens is 2. The molecule has 3 rings (SSSR count). The number of rotatable bonds is 3. The molecule has 2 fully saturated rings. The van der Waals surface area contributed by atoms with Crippen molar-refractivity contribution in [2.45, 2.75) is 58.1 Å². The van der Waals surface area contributed by atoms with E-state index in [9.17, 15) is 4.79 Å². The topological polar surface area (TPSA) is 47.4 Å². The van der Waals surface area contributed by atoms with Gasteiger partial charge in [-0.25, -0.2) is 0 Å². The molecule has 0 unspecified atom stereocenters. The van der Waals surface area contributed by atoms with Crippen molar-refractivity contribution in [1.82, 2.24) is 14.7 Å². The predicted molar refractivity (Wildman–Crippen MR) is 84.6 cm³/mol. The van der Waals surface area contributed by atoms with Gasteiger partial charge in [-0.05, 0) is 51.0 Å². The Labute approximate surface area is 132 Å². The fourth-order valence-electron chi connectivity index (χ4n) is 3.68. The molecule has 0 aromatic carbocycles. The van der Waals surface area contributed by atoms with Gasteiger partial charge in [-0.1, -0.05) is 0 Å². The van der Waals surface area contributed by atoms with Crippen molar-refractivity contribution in [1.29, 1.82) is 0 Å². The van der Waals surface area contributed by atoms with E-state index in [1.807, 2.05) is 17.8 Å². The molecule has 122 valence electrons. The van der Waals surface area contributed by atoms with Gasteiger partial charge in [-0.15, -0.1) is 0 Å². The summed E-state index contributed by atoms with van der Waals surface area (Å²) in [4.78, 5) is 14.7. The van der Waals surface area contributed by atoms with Crippen molar-refractivity contribution < 1.29 is 9.53 Å². The summed E-state index contributed by atoms with van der Waals surface area (Å²) in [7, 11) is 0. The van der Waals surface area contributed by atoms with E-state index < -0.39 is 0 Å². The first-order valence-corrected chi connectivity index (χ1v) is 8.61. The van der Waals surface area contributed by atoms with E-state index in [1.54, 1.807) is 0 Å². The maximum atomic E-state index is 12.7. The number of likely N-dealkylation sites (tertiary alicyclic amines) is 1. The Morgan fingerprint density at radius 3 is 2.77 bits per heavy atom. The molecule has 0 bridgehead atoms. The zero-order valence-corrected chi connectivity index (χ0v) is 13.7. The lowest BCUT2D eigenvalue weighted by molar-refractivity contribution is -0.145. The number of hydrogen-bond donors (Lipinski definition) is 0. The van der Waals surface area contributed by atoms with Crippen LogP contribution in [0.2, 0.25) is 0 Å². The van der Waals surface area contributed by atoms with Crippen LogP contribution in [0.5, 0.6) is 0 Å². The van der Waals surface area contributed by atoms with Crippen molar-refractivity contribution >= 4 is 5.91 Å². The molecule has 3 heterocycles. The Balaban J connectivity index is 1.55. The van der Waals surface area contributed by atoms with E-state index in [4.69, 9.17) is 4.74 Å². The summed E-state index contributed by atoms with van der Waals surface area (Å²) in [5, 5.41) is 4.37. The van der Waals surface area contributed by atoms with Crippen LogP contribution in [0.15, 0.2) is 12.4 Å². The Bertz CT molecular complexity index is 506. The summed E-state index contributed by atoms with van der Waals surface area (Å²) in [6, 6.07) is 0. The normalized spacial score (nSPS) is 27.1. The van der Waals surface area contributed by atoms with Crippen molar-refractivity contribution in [2.24, 2.45) is 5.92 Å². The minimum Gasteiger partial charge on any atom is -0.378 e. The zero-order valence-electron chi connectivity index (χ0n) is 13.7. The largest absolute Gasteiger partial charge is 0.378 e. The van der Waals surface area contributed by atoms with Gasteiger partial charge >= 0.3 is 0 Å². The molecule has 5 heteroatoms. The average molecular weight is 305 g/mol. The molecule has 2 saturated heterocycles. The van der Waals surface area contributed by atoms with E-state index in [1.165, 1.54) is 5.56 Å². The van der Waals surface area contributed by atoms with Crippen LogP contribution in [0.3, 0.4) is 0 Å². The van der Waals surface area contributed by atoms with Gasteiger partial charge in [0.25, 0.3) is 0 Å². The molecule has 0 saturated carbocycles. The van der Waals surface area contributed by atoms with Gasteiger partial charge in [0.1, 0.15) is 0 Å². The highest BCUT2D eigenvalue weighted by atomic mass is 16.5. The van der Waals surface area contributed by atoms with Crippen molar-refractivity contribution in [2.75, 3.05) is 19.7 Å². The maximum Gasteiger partial charge on any atom is 0.228 e. The number of piperidine rings is 1. The molecule has 22 heavy (non-hydrogen) atoms. The molecule has 0 radical (unpaired) electrons. The molecule has 5 nitrogen and oxygen atoms in total. The summed E-state index contributed by atoms with van der Waals surface area (Å²) in [5.41, 5.74) is 1.32. The van der Waals surface area contributed by atoms with Gasteiger partial charge in [-0.3, -0.25) is 9.48 Å². The predicted octanol–water partition coefficient (Wildman–Crippen LogP) is 2.42. The Kier molecular flexibility index (Phi) is 4.81. The Morgan fingerprint density at radius 1 is 1.36 bits per heavy atom. The quantitative estimate of drug-likeness (QED) is 0.861. The first-order valence-electron chi connectivity index (χ1n) is 8.61. The number of amides is 1. The molecule has 1 amide bonds. The highest BCUT2D eigenvalue weighted by Gasteiger charge is 2.34. The zero-order chi connectivity index (χ0) is 15.5. The van der Waals surface area contributed by atoms with Gasteiger partial charge in [0.2, 0.25) is 5.91 Å². The third-order valence-electron chi connectivity index (χ3n) is 5.18. The number of aryl methyl sites for hydroxylation is 1. The lowest BCUT2D eigenvalue weighted by atomic mass is 9.89. The van der Waals surface area contributed by atoms with E-state index in [-0.39, 0.29) is 12.0 Å². The van der Waals surface area contributed by atoms with Gasteiger partial charge < -0.3 is 9.64 Å².